The van der Waals surface area contributed by atoms with Crippen LogP contribution in [0.15, 0.2) is 48.9 Å². The summed E-state index contributed by atoms with van der Waals surface area (Å²) in [4.78, 5) is 23.0. The van der Waals surface area contributed by atoms with E-state index in [1.807, 2.05) is 0 Å². The van der Waals surface area contributed by atoms with Crippen LogP contribution in [0.2, 0.25) is 0 Å². The van der Waals surface area contributed by atoms with Gasteiger partial charge in [-0.15, -0.1) is 10.2 Å². The van der Waals surface area contributed by atoms with Gasteiger partial charge >= 0.3 is 5.97 Å². The van der Waals surface area contributed by atoms with E-state index in [0.717, 1.165) is 5.56 Å². The van der Waals surface area contributed by atoms with Crippen molar-refractivity contribution in [2.24, 2.45) is 0 Å². The number of hydrogen-bond acceptors (Lipinski definition) is 4. The number of aromatic carboxylic acids is 1. The number of benzene rings is 1. The van der Waals surface area contributed by atoms with Crippen molar-refractivity contribution >= 4 is 17.5 Å². The van der Waals surface area contributed by atoms with Crippen LogP contribution in [0.5, 0.6) is 0 Å². The molecular formula is C15H12N4O3. The lowest BCUT2D eigenvalue weighted by Gasteiger charge is -2.06. The average molecular weight is 296 g/mol. The second-order valence-corrected chi connectivity index (χ2v) is 4.67. The summed E-state index contributed by atoms with van der Waals surface area (Å²) in [5, 5.41) is 19.3. The third-order valence-corrected chi connectivity index (χ3v) is 3.22. The Balaban J connectivity index is 1.72. The fraction of sp³-hybridized carbons (Fsp3) is 0.0667. The zero-order valence-corrected chi connectivity index (χ0v) is 11.4. The SMILES string of the molecule is O=C(O)c1ccc(CNC(=O)c2cccn3cnnc23)cc1. The molecule has 110 valence electrons. The fourth-order valence-electron chi connectivity index (χ4n) is 2.07. The number of amides is 1. The molecule has 0 spiro atoms. The molecule has 0 bridgehead atoms. The van der Waals surface area contributed by atoms with Crippen LogP contribution < -0.4 is 5.32 Å². The smallest absolute Gasteiger partial charge is 0.335 e. The number of carbonyl (C=O) groups is 2. The van der Waals surface area contributed by atoms with Crippen molar-refractivity contribution in [1.82, 2.24) is 19.9 Å². The Morgan fingerprint density at radius 3 is 2.68 bits per heavy atom. The number of aromatic nitrogens is 3. The van der Waals surface area contributed by atoms with Crippen LogP contribution in [0.3, 0.4) is 0 Å². The first kappa shape index (κ1) is 13.7. The summed E-state index contributed by atoms with van der Waals surface area (Å²) in [6.07, 6.45) is 3.29. The molecule has 7 heteroatoms. The maximum atomic E-state index is 12.2. The molecule has 0 saturated carbocycles. The van der Waals surface area contributed by atoms with Gasteiger partial charge in [-0.05, 0) is 29.8 Å². The van der Waals surface area contributed by atoms with E-state index in [-0.39, 0.29) is 11.5 Å². The standard InChI is InChI=1S/C15H12N4O3/c20-14(12-2-1-7-19-9-17-18-13(12)19)16-8-10-3-5-11(6-4-10)15(21)22/h1-7,9H,8H2,(H,16,20)(H,21,22). The lowest BCUT2D eigenvalue weighted by Crippen LogP contribution is -2.23. The lowest BCUT2D eigenvalue weighted by atomic mass is 10.1. The number of hydrogen-bond donors (Lipinski definition) is 2. The first-order chi connectivity index (χ1) is 10.6. The monoisotopic (exact) mass is 296 g/mol. The van der Waals surface area contributed by atoms with Crippen molar-refractivity contribution in [2.75, 3.05) is 0 Å². The van der Waals surface area contributed by atoms with E-state index in [4.69, 9.17) is 5.11 Å². The van der Waals surface area contributed by atoms with E-state index >= 15 is 0 Å². The largest absolute Gasteiger partial charge is 0.478 e. The third-order valence-electron chi connectivity index (χ3n) is 3.22. The summed E-state index contributed by atoms with van der Waals surface area (Å²) in [7, 11) is 0. The van der Waals surface area contributed by atoms with E-state index < -0.39 is 5.97 Å². The number of carboxylic acid groups (broad SMARTS) is 1. The first-order valence-corrected chi connectivity index (χ1v) is 6.54. The number of nitrogens with zero attached hydrogens (tertiary/aromatic N) is 3. The Morgan fingerprint density at radius 1 is 1.18 bits per heavy atom. The van der Waals surface area contributed by atoms with E-state index in [9.17, 15) is 9.59 Å². The molecule has 1 aromatic carbocycles. The Labute approximate surface area is 125 Å². The highest BCUT2D eigenvalue weighted by Gasteiger charge is 2.11. The predicted molar refractivity (Wildman–Crippen MR) is 77.6 cm³/mol. The summed E-state index contributed by atoms with van der Waals surface area (Å²) in [5.41, 5.74) is 1.94. The molecule has 3 rings (SSSR count). The van der Waals surface area contributed by atoms with E-state index in [1.54, 1.807) is 34.9 Å². The molecule has 1 amide bonds. The second kappa shape index (κ2) is 5.65. The summed E-state index contributed by atoms with van der Waals surface area (Å²) in [5.74, 6) is -1.24. The van der Waals surface area contributed by atoms with Gasteiger partial charge in [0, 0.05) is 12.7 Å². The van der Waals surface area contributed by atoms with Crippen LogP contribution in [0.1, 0.15) is 26.3 Å². The van der Waals surface area contributed by atoms with Gasteiger partial charge < -0.3 is 10.4 Å². The Kier molecular flexibility index (Phi) is 3.53. The summed E-state index contributed by atoms with van der Waals surface area (Å²) < 4.78 is 1.66. The van der Waals surface area contributed by atoms with E-state index in [0.29, 0.717) is 17.8 Å². The number of carbonyl (C=O) groups excluding carboxylic acids is 1. The zero-order chi connectivity index (χ0) is 15.5. The molecule has 7 nitrogen and oxygen atoms in total. The van der Waals surface area contributed by atoms with Gasteiger partial charge in [0.05, 0.1) is 11.1 Å². The number of nitrogens with one attached hydrogen (secondary N) is 1. The Bertz CT molecular complexity index is 839. The predicted octanol–water partition coefficient (Wildman–Crippen LogP) is 1.36. The molecule has 0 fully saturated rings. The van der Waals surface area contributed by atoms with Crippen molar-refractivity contribution < 1.29 is 14.7 Å². The molecule has 0 aliphatic heterocycles. The first-order valence-electron chi connectivity index (χ1n) is 6.54. The molecule has 0 atom stereocenters. The molecule has 0 aliphatic carbocycles. The van der Waals surface area contributed by atoms with Gasteiger partial charge in [0.25, 0.3) is 5.91 Å². The highest BCUT2D eigenvalue weighted by molar-refractivity contribution is 5.99. The second-order valence-electron chi connectivity index (χ2n) is 4.67. The third kappa shape index (κ3) is 2.64. The molecule has 0 unspecified atom stereocenters. The van der Waals surface area contributed by atoms with Crippen LogP contribution in [-0.2, 0) is 6.54 Å². The molecule has 0 radical (unpaired) electrons. The normalized spacial score (nSPS) is 10.5. The molecular weight excluding hydrogens is 284 g/mol. The van der Waals surface area contributed by atoms with E-state index in [1.165, 1.54) is 18.5 Å². The zero-order valence-electron chi connectivity index (χ0n) is 11.4. The van der Waals surface area contributed by atoms with Gasteiger partial charge in [-0.1, -0.05) is 12.1 Å². The quantitative estimate of drug-likeness (QED) is 0.757. The molecule has 2 N–H and O–H groups in total. The molecule has 2 aromatic heterocycles. The van der Waals surface area contributed by atoms with Crippen LogP contribution in [-0.4, -0.2) is 31.6 Å². The maximum absolute atomic E-state index is 12.2. The highest BCUT2D eigenvalue weighted by Crippen LogP contribution is 2.08. The summed E-state index contributed by atoms with van der Waals surface area (Å²) in [6.45, 7) is 0.300. The van der Waals surface area contributed by atoms with Gasteiger partial charge in [0.1, 0.15) is 6.33 Å². The van der Waals surface area contributed by atoms with Crippen LogP contribution in [0, 0.1) is 0 Å². The van der Waals surface area contributed by atoms with Crippen molar-refractivity contribution in [2.45, 2.75) is 6.54 Å². The molecule has 0 aliphatic rings. The minimum Gasteiger partial charge on any atom is -0.478 e. The minimum absolute atomic E-state index is 0.211. The molecule has 2 heterocycles. The maximum Gasteiger partial charge on any atom is 0.335 e. The number of carboxylic acids is 1. The Hall–Kier alpha value is -3.22. The fourth-order valence-corrected chi connectivity index (χ4v) is 2.07. The molecule has 22 heavy (non-hydrogen) atoms. The van der Waals surface area contributed by atoms with Crippen molar-refractivity contribution in [3.8, 4) is 0 Å². The summed E-state index contributed by atoms with van der Waals surface area (Å²) in [6, 6.07) is 9.76. The van der Waals surface area contributed by atoms with Crippen molar-refractivity contribution in [3.05, 3.63) is 65.6 Å². The van der Waals surface area contributed by atoms with Gasteiger partial charge in [-0.25, -0.2) is 4.79 Å². The highest BCUT2D eigenvalue weighted by atomic mass is 16.4. The number of fused-ring (bicyclic) bond motifs is 1. The van der Waals surface area contributed by atoms with Gasteiger partial charge in [0.2, 0.25) is 0 Å². The van der Waals surface area contributed by atoms with Crippen molar-refractivity contribution in [3.63, 3.8) is 0 Å². The van der Waals surface area contributed by atoms with Crippen LogP contribution in [0.4, 0.5) is 0 Å². The summed E-state index contributed by atoms with van der Waals surface area (Å²) >= 11 is 0. The average Bonchev–Trinajstić information content (AvgIpc) is 3.01. The van der Waals surface area contributed by atoms with E-state index in [2.05, 4.69) is 15.5 Å². The minimum atomic E-state index is -0.978. The Morgan fingerprint density at radius 2 is 1.95 bits per heavy atom. The topological polar surface area (TPSA) is 96.6 Å². The van der Waals surface area contributed by atoms with Gasteiger partial charge in [0.15, 0.2) is 5.65 Å². The van der Waals surface area contributed by atoms with Gasteiger partial charge in [-0.2, -0.15) is 0 Å². The molecule has 0 saturated heterocycles. The number of rotatable bonds is 4. The van der Waals surface area contributed by atoms with Crippen molar-refractivity contribution in [1.29, 1.82) is 0 Å². The molecule has 3 aromatic rings. The number of pyridine rings is 1. The van der Waals surface area contributed by atoms with Crippen LogP contribution >= 0.6 is 0 Å². The van der Waals surface area contributed by atoms with Crippen LogP contribution in [0.25, 0.3) is 5.65 Å². The lowest BCUT2D eigenvalue weighted by molar-refractivity contribution is 0.0696. The van der Waals surface area contributed by atoms with Gasteiger partial charge in [-0.3, -0.25) is 9.20 Å².